The summed E-state index contributed by atoms with van der Waals surface area (Å²) in [6, 6.07) is 6.35. The predicted molar refractivity (Wildman–Crippen MR) is 89.0 cm³/mol. The van der Waals surface area contributed by atoms with E-state index in [1.165, 1.54) is 12.1 Å². The first-order chi connectivity index (χ1) is 11.1. The second-order valence-electron chi connectivity index (χ2n) is 5.82. The minimum Gasteiger partial charge on any atom is -0.395 e. The molecular weight excluding hydrogens is 297 g/mol. The molecule has 1 atom stereocenters. The Balaban J connectivity index is 1.90. The molecule has 1 aromatic rings. The number of rotatable bonds is 6. The highest BCUT2D eigenvalue weighted by Gasteiger charge is 2.28. The third-order valence-corrected chi connectivity index (χ3v) is 4.47. The standard InChI is InChI=1S/C17H26FN3O2/c1-3-19(12-13-22)17(23)14(2)20-8-10-21(11-9-20)16-6-4-15(18)5-7-16/h4-7,14,22H,3,8-13H2,1-2H3. The van der Waals surface area contributed by atoms with Gasteiger partial charge in [0, 0.05) is 45.0 Å². The molecule has 23 heavy (non-hydrogen) atoms. The molecule has 1 N–H and O–H groups in total. The van der Waals surface area contributed by atoms with E-state index in [2.05, 4.69) is 9.80 Å². The van der Waals surface area contributed by atoms with Gasteiger partial charge in [-0.15, -0.1) is 0 Å². The number of nitrogens with zero attached hydrogens (tertiary/aromatic N) is 3. The highest BCUT2D eigenvalue weighted by Crippen LogP contribution is 2.18. The van der Waals surface area contributed by atoms with Crippen molar-refractivity contribution in [1.82, 2.24) is 9.80 Å². The van der Waals surface area contributed by atoms with E-state index < -0.39 is 0 Å². The number of carbonyl (C=O) groups excluding carboxylic acids is 1. The first-order valence-electron chi connectivity index (χ1n) is 8.21. The van der Waals surface area contributed by atoms with Gasteiger partial charge in [0.1, 0.15) is 5.82 Å². The Morgan fingerprint density at radius 3 is 2.39 bits per heavy atom. The lowest BCUT2D eigenvalue weighted by Crippen LogP contribution is -2.55. The summed E-state index contributed by atoms with van der Waals surface area (Å²) in [7, 11) is 0. The summed E-state index contributed by atoms with van der Waals surface area (Å²) < 4.78 is 13.0. The minimum atomic E-state index is -0.227. The Morgan fingerprint density at radius 2 is 1.87 bits per heavy atom. The monoisotopic (exact) mass is 323 g/mol. The molecule has 0 spiro atoms. The molecule has 0 radical (unpaired) electrons. The first-order valence-corrected chi connectivity index (χ1v) is 8.21. The largest absolute Gasteiger partial charge is 0.395 e. The smallest absolute Gasteiger partial charge is 0.239 e. The Kier molecular flexibility index (Phi) is 6.36. The lowest BCUT2D eigenvalue weighted by Gasteiger charge is -2.39. The van der Waals surface area contributed by atoms with Gasteiger partial charge in [-0.1, -0.05) is 0 Å². The van der Waals surface area contributed by atoms with Crippen molar-refractivity contribution in [3.8, 4) is 0 Å². The van der Waals surface area contributed by atoms with Crippen molar-refractivity contribution in [1.29, 1.82) is 0 Å². The fourth-order valence-electron chi connectivity index (χ4n) is 2.98. The van der Waals surface area contributed by atoms with Gasteiger partial charge in [0.05, 0.1) is 12.6 Å². The average molecular weight is 323 g/mol. The molecule has 6 heteroatoms. The lowest BCUT2D eigenvalue weighted by atomic mass is 10.2. The van der Waals surface area contributed by atoms with Crippen molar-refractivity contribution in [3.05, 3.63) is 30.1 Å². The van der Waals surface area contributed by atoms with E-state index in [-0.39, 0.29) is 24.4 Å². The molecule has 1 aliphatic rings. The summed E-state index contributed by atoms with van der Waals surface area (Å²) >= 11 is 0. The van der Waals surface area contributed by atoms with E-state index in [9.17, 15) is 9.18 Å². The van der Waals surface area contributed by atoms with Crippen LogP contribution in [0.3, 0.4) is 0 Å². The molecular formula is C17H26FN3O2. The maximum absolute atomic E-state index is 13.0. The Hall–Kier alpha value is -1.66. The Bertz CT molecular complexity index is 501. The van der Waals surface area contributed by atoms with Gasteiger partial charge in [-0.05, 0) is 38.1 Å². The highest BCUT2D eigenvalue weighted by molar-refractivity contribution is 5.81. The van der Waals surface area contributed by atoms with Crippen molar-refractivity contribution in [3.63, 3.8) is 0 Å². The van der Waals surface area contributed by atoms with Crippen LogP contribution in [0.25, 0.3) is 0 Å². The Morgan fingerprint density at radius 1 is 1.26 bits per heavy atom. The summed E-state index contributed by atoms with van der Waals surface area (Å²) in [4.78, 5) is 18.5. The molecule has 1 amide bonds. The van der Waals surface area contributed by atoms with E-state index >= 15 is 0 Å². The van der Waals surface area contributed by atoms with Crippen LogP contribution in [0, 0.1) is 5.82 Å². The molecule has 1 fully saturated rings. The van der Waals surface area contributed by atoms with Crippen molar-refractivity contribution < 1.29 is 14.3 Å². The second kappa shape index (κ2) is 8.26. The Labute approximate surface area is 137 Å². The molecule has 0 aliphatic carbocycles. The van der Waals surface area contributed by atoms with Crippen molar-refractivity contribution in [2.45, 2.75) is 19.9 Å². The molecule has 128 valence electrons. The molecule has 1 heterocycles. The number of aliphatic hydroxyl groups is 1. The summed E-state index contributed by atoms with van der Waals surface area (Å²) in [5, 5.41) is 9.05. The number of likely N-dealkylation sites (N-methyl/N-ethyl adjacent to an activating group) is 1. The molecule has 1 aromatic carbocycles. The highest BCUT2D eigenvalue weighted by atomic mass is 19.1. The molecule has 0 aromatic heterocycles. The van der Waals surface area contributed by atoms with Gasteiger partial charge in [-0.2, -0.15) is 0 Å². The van der Waals surface area contributed by atoms with E-state index in [4.69, 9.17) is 5.11 Å². The van der Waals surface area contributed by atoms with Gasteiger partial charge >= 0.3 is 0 Å². The number of aliphatic hydroxyl groups excluding tert-OH is 1. The van der Waals surface area contributed by atoms with Crippen molar-refractivity contribution in [2.24, 2.45) is 0 Å². The number of piperazine rings is 1. The second-order valence-corrected chi connectivity index (χ2v) is 5.82. The van der Waals surface area contributed by atoms with E-state index in [1.54, 1.807) is 17.0 Å². The van der Waals surface area contributed by atoms with Gasteiger partial charge < -0.3 is 14.9 Å². The van der Waals surface area contributed by atoms with Crippen LogP contribution in [0.4, 0.5) is 10.1 Å². The normalized spacial score (nSPS) is 17.1. The van der Waals surface area contributed by atoms with E-state index in [1.807, 2.05) is 13.8 Å². The SMILES string of the molecule is CCN(CCO)C(=O)C(C)N1CCN(c2ccc(F)cc2)CC1. The van der Waals surface area contributed by atoms with Crippen LogP contribution in [0.1, 0.15) is 13.8 Å². The number of anilines is 1. The zero-order chi connectivity index (χ0) is 16.8. The maximum Gasteiger partial charge on any atom is 0.239 e. The van der Waals surface area contributed by atoms with E-state index in [0.29, 0.717) is 13.1 Å². The van der Waals surface area contributed by atoms with Gasteiger partial charge in [-0.3, -0.25) is 9.69 Å². The van der Waals surface area contributed by atoms with Gasteiger partial charge in [-0.25, -0.2) is 4.39 Å². The molecule has 0 bridgehead atoms. The summed E-state index contributed by atoms with van der Waals surface area (Å²) in [6.07, 6.45) is 0. The third-order valence-electron chi connectivity index (χ3n) is 4.47. The molecule has 1 unspecified atom stereocenters. The number of halogens is 1. The molecule has 5 nitrogen and oxygen atoms in total. The molecule has 1 aliphatic heterocycles. The third kappa shape index (κ3) is 4.42. The van der Waals surface area contributed by atoms with Crippen molar-refractivity contribution in [2.75, 3.05) is 50.8 Å². The zero-order valence-corrected chi connectivity index (χ0v) is 13.9. The summed E-state index contributed by atoms with van der Waals surface area (Å²) in [6.45, 7) is 8.05. The van der Waals surface area contributed by atoms with Crippen LogP contribution in [-0.4, -0.2) is 72.7 Å². The summed E-state index contributed by atoms with van der Waals surface area (Å²) in [5.74, 6) is -0.160. The number of carbonyl (C=O) groups is 1. The lowest BCUT2D eigenvalue weighted by molar-refractivity contribution is -0.136. The van der Waals surface area contributed by atoms with Crippen LogP contribution in [0.5, 0.6) is 0 Å². The summed E-state index contributed by atoms with van der Waals surface area (Å²) in [5.41, 5.74) is 1.01. The molecule has 1 saturated heterocycles. The number of hydrogen-bond acceptors (Lipinski definition) is 4. The zero-order valence-electron chi connectivity index (χ0n) is 13.9. The van der Waals surface area contributed by atoms with Crippen LogP contribution in [0.2, 0.25) is 0 Å². The number of amides is 1. The van der Waals surface area contributed by atoms with Gasteiger partial charge in [0.15, 0.2) is 0 Å². The molecule has 0 saturated carbocycles. The van der Waals surface area contributed by atoms with Crippen molar-refractivity contribution >= 4 is 11.6 Å². The minimum absolute atomic E-state index is 0.00928. The van der Waals surface area contributed by atoms with Crippen LogP contribution in [-0.2, 0) is 4.79 Å². The topological polar surface area (TPSA) is 47.0 Å². The van der Waals surface area contributed by atoms with Crippen LogP contribution >= 0.6 is 0 Å². The number of benzene rings is 1. The first kappa shape index (κ1) is 17.7. The maximum atomic E-state index is 13.0. The number of hydrogen-bond donors (Lipinski definition) is 1. The van der Waals surface area contributed by atoms with Crippen LogP contribution in [0.15, 0.2) is 24.3 Å². The molecule has 2 rings (SSSR count). The predicted octanol–water partition coefficient (Wildman–Crippen LogP) is 1.18. The average Bonchev–Trinajstić information content (AvgIpc) is 2.59. The van der Waals surface area contributed by atoms with Crippen LogP contribution < -0.4 is 4.90 Å². The fraction of sp³-hybridized carbons (Fsp3) is 0.588. The van der Waals surface area contributed by atoms with Gasteiger partial charge in [0.2, 0.25) is 5.91 Å². The quantitative estimate of drug-likeness (QED) is 0.854. The van der Waals surface area contributed by atoms with Gasteiger partial charge in [0.25, 0.3) is 0 Å². The fourth-order valence-corrected chi connectivity index (χ4v) is 2.98. The van der Waals surface area contributed by atoms with E-state index in [0.717, 1.165) is 31.9 Å².